The van der Waals surface area contributed by atoms with E-state index in [2.05, 4.69) is 5.32 Å². The van der Waals surface area contributed by atoms with Gasteiger partial charge in [-0.1, -0.05) is 6.92 Å². The molecular formula is C14H19N3O4S. The Balaban J connectivity index is 1.82. The highest BCUT2D eigenvalue weighted by Gasteiger charge is 2.34. The summed E-state index contributed by atoms with van der Waals surface area (Å²) in [6.07, 6.45) is 1.47. The molecule has 1 saturated carbocycles. The predicted molar refractivity (Wildman–Crippen MR) is 82.0 cm³/mol. The molecule has 1 aromatic rings. The second-order valence-electron chi connectivity index (χ2n) is 5.32. The van der Waals surface area contributed by atoms with Crippen LogP contribution in [-0.4, -0.2) is 53.0 Å². The maximum absolute atomic E-state index is 12.0. The van der Waals surface area contributed by atoms with E-state index < -0.39 is 11.9 Å². The van der Waals surface area contributed by atoms with Gasteiger partial charge in [-0.15, -0.1) is 11.3 Å². The molecule has 1 aromatic heterocycles. The molecule has 0 aliphatic heterocycles. The van der Waals surface area contributed by atoms with Crippen molar-refractivity contribution in [2.75, 3.05) is 13.1 Å². The summed E-state index contributed by atoms with van der Waals surface area (Å²) in [6, 6.07) is 1.72. The van der Waals surface area contributed by atoms with E-state index in [0.29, 0.717) is 17.0 Å². The zero-order valence-corrected chi connectivity index (χ0v) is 13.1. The molecule has 2 amide bonds. The minimum Gasteiger partial charge on any atom is -0.480 e. The first-order chi connectivity index (χ1) is 10.4. The molecular weight excluding hydrogens is 306 g/mol. The van der Waals surface area contributed by atoms with Crippen LogP contribution < -0.4 is 11.1 Å². The van der Waals surface area contributed by atoms with Gasteiger partial charge in [0.25, 0.3) is 5.91 Å². The second-order valence-corrected chi connectivity index (χ2v) is 6.23. The number of hydrogen-bond acceptors (Lipinski definition) is 5. The molecule has 22 heavy (non-hydrogen) atoms. The van der Waals surface area contributed by atoms with Crippen LogP contribution in [-0.2, 0) is 4.79 Å². The van der Waals surface area contributed by atoms with Gasteiger partial charge in [-0.05, 0) is 25.5 Å². The summed E-state index contributed by atoms with van der Waals surface area (Å²) in [4.78, 5) is 36.2. The van der Waals surface area contributed by atoms with Gasteiger partial charge >= 0.3 is 5.97 Å². The maximum atomic E-state index is 12.0. The summed E-state index contributed by atoms with van der Waals surface area (Å²) >= 11 is 1.18. The third-order valence-electron chi connectivity index (χ3n) is 3.82. The first kappa shape index (κ1) is 16.4. The highest BCUT2D eigenvalue weighted by Crippen LogP contribution is 2.26. The van der Waals surface area contributed by atoms with Crippen molar-refractivity contribution in [2.45, 2.75) is 31.8 Å². The van der Waals surface area contributed by atoms with Crippen LogP contribution in [0.25, 0.3) is 0 Å². The molecule has 1 aliphatic carbocycles. The topological polar surface area (TPSA) is 113 Å². The minimum absolute atomic E-state index is 0.0225. The van der Waals surface area contributed by atoms with E-state index in [9.17, 15) is 14.4 Å². The van der Waals surface area contributed by atoms with E-state index in [0.717, 1.165) is 12.8 Å². The van der Waals surface area contributed by atoms with Crippen LogP contribution in [0.4, 0.5) is 0 Å². The Bertz CT molecular complexity index is 580. The average molecular weight is 325 g/mol. The summed E-state index contributed by atoms with van der Waals surface area (Å²) in [5.74, 6) is -1.61. The minimum atomic E-state index is -0.841. The lowest BCUT2D eigenvalue weighted by Gasteiger charge is -2.42. The van der Waals surface area contributed by atoms with Gasteiger partial charge in [-0.2, -0.15) is 0 Å². The molecule has 1 heterocycles. The molecule has 1 fully saturated rings. The summed E-state index contributed by atoms with van der Waals surface area (Å²) in [5, 5.41) is 13.3. The molecule has 7 nitrogen and oxygen atoms in total. The fourth-order valence-electron chi connectivity index (χ4n) is 2.52. The molecule has 2 rings (SSSR count). The van der Waals surface area contributed by atoms with Crippen molar-refractivity contribution in [1.82, 2.24) is 10.2 Å². The molecule has 0 spiro atoms. The largest absolute Gasteiger partial charge is 0.480 e. The average Bonchev–Trinajstić information content (AvgIpc) is 2.89. The zero-order chi connectivity index (χ0) is 16.3. The summed E-state index contributed by atoms with van der Waals surface area (Å²) < 4.78 is 0. The number of likely N-dealkylation sites (N-methyl/N-ethyl adjacent to an activating group) is 1. The zero-order valence-electron chi connectivity index (χ0n) is 12.2. The first-order valence-electron chi connectivity index (χ1n) is 7.05. The van der Waals surface area contributed by atoms with Crippen LogP contribution in [0.1, 0.15) is 39.8 Å². The Morgan fingerprint density at radius 2 is 2.14 bits per heavy atom. The molecule has 0 aromatic carbocycles. The monoisotopic (exact) mass is 325 g/mol. The Morgan fingerprint density at radius 1 is 1.45 bits per heavy atom. The lowest BCUT2D eigenvalue weighted by Crippen LogP contribution is -2.54. The van der Waals surface area contributed by atoms with E-state index in [1.807, 2.05) is 11.8 Å². The number of carboxylic acids is 1. The molecule has 0 bridgehead atoms. The third kappa shape index (κ3) is 3.83. The smallest absolute Gasteiger partial charge is 0.317 e. The highest BCUT2D eigenvalue weighted by atomic mass is 32.1. The number of nitrogens with one attached hydrogen (secondary N) is 1. The van der Waals surface area contributed by atoms with Crippen molar-refractivity contribution in [3.8, 4) is 0 Å². The number of nitrogens with two attached hydrogens (primary N) is 1. The lowest BCUT2D eigenvalue weighted by atomic mass is 9.85. The molecule has 0 unspecified atom stereocenters. The van der Waals surface area contributed by atoms with Gasteiger partial charge in [-0.25, -0.2) is 0 Å². The predicted octanol–water partition coefficient (Wildman–Crippen LogP) is 0.514. The van der Waals surface area contributed by atoms with Crippen molar-refractivity contribution in [3.05, 3.63) is 21.9 Å². The van der Waals surface area contributed by atoms with Crippen molar-refractivity contribution in [3.63, 3.8) is 0 Å². The van der Waals surface area contributed by atoms with Crippen molar-refractivity contribution < 1.29 is 19.5 Å². The van der Waals surface area contributed by atoms with Crippen molar-refractivity contribution in [1.29, 1.82) is 0 Å². The number of nitrogens with zero attached hydrogens (tertiary/aromatic N) is 1. The molecule has 0 saturated heterocycles. The number of aliphatic carboxylic acids is 1. The number of primary amides is 1. The van der Waals surface area contributed by atoms with Gasteiger partial charge < -0.3 is 16.2 Å². The summed E-state index contributed by atoms with van der Waals surface area (Å²) in [5.41, 5.74) is 5.49. The number of carbonyl (C=O) groups excluding carboxylic acids is 2. The summed E-state index contributed by atoms with van der Waals surface area (Å²) in [6.45, 7) is 2.62. The fraction of sp³-hybridized carbons (Fsp3) is 0.500. The highest BCUT2D eigenvalue weighted by molar-refractivity contribution is 7.12. The SMILES string of the molecule is CCN(CC(=O)O)C1CC(NC(=O)c2cc(C(N)=O)cs2)C1. The van der Waals surface area contributed by atoms with Crippen molar-refractivity contribution in [2.24, 2.45) is 5.73 Å². The second kappa shape index (κ2) is 6.89. The number of amides is 2. The van der Waals surface area contributed by atoms with Crippen LogP contribution in [0.3, 0.4) is 0 Å². The first-order valence-corrected chi connectivity index (χ1v) is 7.93. The Hall–Kier alpha value is -1.93. The van der Waals surface area contributed by atoms with Gasteiger partial charge in [-0.3, -0.25) is 19.3 Å². The molecule has 120 valence electrons. The van der Waals surface area contributed by atoms with E-state index in [1.54, 1.807) is 5.38 Å². The van der Waals surface area contributed by atoms with E-state index in [-0.39, 0.29) is 24.5 Å². The number of thiophene rings is 1. The van der Waals surface area contributed by atoms with Crippen molar-refractivity contribution >= 4 is 29.1 Å². The third-order valence-corrected chi connectivity index (χ3v) is 4.75. The molecule has 1 aliphatic rings. The van der Waals surface area contributed by atoms with Gasteiger partial charge in [0, 0.05) is 17.5 Å². The van der Waals surface area contributed by atoms with E-state index in [1.165, 1.54) is 17.4 Å². The molecule has 0 atom stereocenters. The normalized spacial score (nSPS) is 20.5. The molecule has 8 heteroatoms. The lowest BCUT2D eigenvalue weighted by molar-refractivity contribution is -0.139. The van der Waals surface area contributed by atoms with Crippen LogP contribution >= 0.6 is 11.3 Å². The summed E-state index contributed by atoms with van der Waals surface area (Å²) in [7, 11) is 0. The van der Waals surface area contributed by atoms with Crippen LogP contribution in [0.5, 0.6) is 0 Å². The van der Waals surface area contributed by atoms with Crippen LogP contribution in [0, 0.1) is 0 Å². The van der Waals surface area contributed by atoms with Crippen LogP contribution in [0.2, 0.25) is 0 Å². The number of carboxylic acid groups (broad SMARTS) is 1. The van der Waals surface area contributed by atoms with Gasteiger partial charge in [0.05, 0.1) is 17.0 Å². The van der Waals surface area contributed by atoms with Crippen LogP contribution in [0.15, 0.2) is 11.4 Å². The van der Waals surface area contributed by atoms with Gasteiger partial charge in [0.15, 0.2) is 0 Å². The number of rotatable bonds is 7. The van der Waals surface area contributed by atoms with Gasteiger partial charge in [0.1, 0.15) is 0 Å². The standard InChI is InChI=1S/C14H19N3O4S/c1-2-17(6-12(18)19)10-4-9(5-10)16-14(21)11-3-8(7-22-11)13(15)20/h3,7,9-10H,2,4-6H2,1H3,(H2,15,20)(H,16,21)(H,18,19). The fourth-order valence-corrected chi connectivity index (χ4v) is 3.32. The Morgan fingerprint density at radius 3 is 2.64 bits per heavy atom. The Labute approximate surface area is 132 Å². The Kier molecular flexibility index (Phi) is 5.15. The number of hydrogen-bond donors (Lipinski definition) is 3. The molecule has 0 radical (unpaired) electrons. The quantitative estimate of drug-likeness (QED) is 0.676. The molecule has 4 N–H and O–H groups in total. The van der Waals surface area contributed by atoms with E-state index >= 15 is 0 Å². The number of carbonyl (C=O) groups is 3. The van der Waals surface area contributed by atoms with Gasteiger partial charge in [0.2, 0.25) is 5.91 Å². The maximum Gasteiger partial charge on any atom is 0.317 e. The van der Waals surface area contributed by atoms with E-state index in [4.69, 9.17) is 10.8 Å².